The monoisotopic (exact) mass is 720 g/mol. The van der Waals surface area contributed by atoms with Gasteiger partial charge in [0, 0.05) is 17.7 Å². The molecule has 3 aliphatic rings. The minimum Gasteiger partial charge on any atom is -0.482 e. The molecule has 52 heavy (non-hydrogen) atoms. The highest BCUT2D eigenvalue weighted by Crippen LogP contribution is 2.47. The zero-order valence-corrected chi connectivity index (χ0v) is 30.6. The molecule has 2 N–H and O–H groups in total. The van der Waals surface area contributed by atoms with E-state index >= 15 is 0 Å². The summed E-state index contributed by atoms with van der Waals surface area (Å²) < 4.78 is 31.8. The predicted octanol–water partition coefficient (Wildman–Crippen LogP) is 5.64. The van der Waals surface area contributed by atoms with E-state index in [1.165, 1.54) is 23.1 Å². The Balaban J connectivity index is 1.51. The van der Waals surface area contributed by atoms with Gasteiger partial charge in [-0.3, -0.25) is 14.4 Å². The number of carbonyl (C=O) groups excluding carboxylic acids is 5. The SMILES string of the molecule is C=CCCCCC[C@H](NC(=O)OC(C)(C)C)C(=O)N1C[C@@]2(CC(=O)c3c(c(C)nc4ccc(F)cc34)O2)C[C@H]1C(=O)N[C@]1(C(=O)OCC)C[C@H]1C=C. The number of nitrogens with zero attached hydrogens (tertiary/aromatic N) is 2. The van der Waals surface area contributed by atoms with E-state index < -0.39 is 58.5 Å². The first-order valence-electron chi connectivity index (χ1n) is 17.9. The average Bonchev–Trinajstić information content (AvgIpc) is 3.67. The summed E-state index contributed by atoms with van der Waals surface area (Å²) in [5, 5.41) is 5.88. The number of allylic oxidation sites excluding steroid dienone is 1. The highest BCUT2D eigenvalue weighted by atomic mass is 19.1. The lowest BCUT2D eigenvalue weighted by Crippen LogP contribution is -2.57. The second-order valence-electron chi connectivity index (χ2n) is 15.0. The zero-order chi connectivity index (χ0) is 38.0. The van der Waals surface area contributed by atoms with Crippen LogP contribution in [0.15, 0.2) is 43.5 Å². The fourth-order valence-electron chi connectivity index (χ4n) is 7.28. The molecule has 1 spiro atoms. The van der Waals surface area contributed by atoms with Gasteiger partial charge in [-0.2, -0.15) is 0 Å². The first-order chi connectivity index (χ1) is 24.6. The van der Waals surface area contributed by atoms with Gasteiger partial charge in [-0.1, -0.05) is 25.0 Å². The van der Waals surface area contributed by atoms with Crippen LogP contribution >= 0.6 is 0 Å². The lowest BCUT2D eigenvalue weighted by atomic mass is 9.86. The molecule has 1 aromatic heterocycles. The number of ether oxygens (including phenoxy) is 3. The van der Waals surface area contributed by atoms with Crippen LogP contribution in [-0.4, -0.2) is 81.5 Å². The van der Waals surface area contributed by atoms with Crippen molar-refractivity contribution in [3.8, 4) is 5.75 Å². The van der Waals surface area contributed by atoms with E-state index in [2.05, 4.69) is 28.8 Å². The molecule has 12 nitrogen and oxygen atoms in total. The number of benzene rings is 1. The number of esters is 1. The molecular weight excluding hydrogens is 671 g/mol. The predicted molar refractivity (Wildman–Crippen MR) is 191 cm³/mol. The summed E-state index contributed by atoms with van der Waals surface area (Å²) in [7, 11) is 0. The first-order valence-corrected chi connectivity index (χ1v) is 17.9. The molecule has 0 radical (unpaired) electrons. The maximum Gasteiger partial charge on any atom is 0.408 e. The second kappa shape index (κ2) is 15.0. The van der Waals surface area contributed by atoms with Gasteiger partial charge in [-0.05, 0) is 78.5 Å². The number of likely N-dealkylation sites (tertiary alicyclic amines) is 1. The first kappa shape index (κ1) is 38.4. The van der Waals surface area contributed by atoms with E-state index in [9.17, 15) is 28.4 Å². The van der Waals surface area contributed by atoms with Gasteiger partial charge in [0.15, 0.2) is 11.5 Å². The molecule has 1 saturated carbocycles. The van der Waals surface area contributed by atoms with Crippen LogP contribution in [0.3, 0.4) is 0 Å². The van der Waals surface area contributed by atoms with Crippen molar-refractivity contribution in [3.63, 3.8) is 0 Å². The number of rotatable bonds is 13. The normalized spacial score (nSPS) is 24.0. The van der Waals surface area contributed by atoms with Gasteiger partial charge in [-0.25, -0.2) is 19.0 Å². The number of halogens is 1. The van der Waals surface area contributed by atoms with E-state index in [4.69, 9.17) is 14.2 Å². The number of amides is 3. The maximum atomic E-state index is 14.6. The molecule has 3 amide bonds. The number of pyridine rings is 1. The molecule has 13 heteroatoms. The summed E-state index contributed by atoms with van der Waals surface area (Å²) in [5.74, 6) is -2.92. The van der Waals surface area contributed by atoms with Crippen molar-refractivity contribution in [1.82, 2.24) is 20.5 Å². The molecular formula is C39H49FN4O8. The van der Waals surface area contributed by atoms with Gasteiger partial charge in [0.1, 0.15) is 34.6 Å². The Morgan fingerprint density at radius 3 is 2.58 bits per heavy atom. The molecule has 2 aliphatic heterocycles. The van der Waals surface area contributed by atoms with Crippen LogP contribution in [0.5, 0.6) is 5.75 Å². The summed E-state index contributed by atoms with van der Waals surface area (Å²) >= 11 is 0. The smallest absolute Gasteiger partial charge is 0.408 e. The molecule has 5 atom stereocenters. The molecule has 1 saturated heterocycles. The van der Waals surface area contributed by atoms with Gasteiger partial charge in [0.2, 0.25) is 11.8 Å². The number of ketones is 1. The summed E-state index contributed by atoms with van der Waals surface area (Å²) in [6.07, 6.45) is 5.79. The molecule has 280 valence electrons. The minimum atomic E-state index is -1.37. The molecule has 2 fully saturated rings. The Kier molecular flexibility index (Phi) is 11.1. The number of Topliss-reactive ketones (excluding diaryl/α,β-unsaturated/α-hetero) is 1. The molecule has 5 rings (SSSR count). The van der Waals surface area contributed by atoms with Crippen molar-refractivity contribution in [2.75, 3.05) is 13.2 Å². The van der Waals surface area contributed by atoms with Crippen LogP contribution in [0.1, 0.15) is 95.1 Å². The third-order valence-electron chi connectivity index (χ3n) is 9.81. The number of alkyl carbamates (subject to hydrolysis) is 1. The highest BCUT2D eigenvalue weighted by molar-refractivity contribution is 6.11. The lowest BCUT2D eigenvalue weighted by molar-refractivity contribution is -0.150. The largest absolute Gasteiger partial charge is 0.482 e. The quantitative estimate of drug-likeness (QED) is 0.152. The van der Waals surface area contributed by atoms with Gasteiger partial charge >= 0.3 is 12.1 Å². The van der Waals surface area contributed by atoms with Crippen LogP contribution in [0.4, 0.5) is 9.18 Å². The number of aryl methyl sites for hydroxylation is 1. The third kappa shape index (κ3) is 7.98. The number of hydrogen-bond acceptors (Lipinski definition) is 9. The molecule has 0 unspecified atom stereocenters. The zero-order valence-electron chi connectivity index (χ0n) is 30.6. The fraction of sp³-hybridized carbons (Fsp3) is 0.538. The molecule has 0 bridgehead atoms. The summed E-state index contributed by atoms with van der Waals surface area (Å²) in [5.41, 5.74) is -2.54. The van der Waals surface area contributed by atoms with Crippen LogP contribution in [0.2, 0.25) is 0 Å². The Morgan fingerprint density at radius 2 is 1.92 bits per heavy atom. The van der Waals surface area contributed by atoms with Gasteiger partial charge < -0.3 is 29.7 Å². The Hall–Kier alpha value is -4.81. The number of aromatic nitrogens is 1. The molecule has 1 aromatic carbocycles. The van der Waals surface area contributed by atoms with Crippen LogP contribution in [0.25, 0.3) is 10.9 Å². The standard InChI is InChI=1S/C39H49FN4O8/c1-8-11-12-13-14-15-28(42-36(49)52-37(5,6)7)34(47)44-22-38(20-29(44)33(46)43-39(19-24(39)9-2)35(48)50-10-3)21-30(45)31-26-18-25(40)16-17-27(26)41-23(4)32(31)51-38/h8-9,16-18,24,28-29H,1-2,10-15,19-22H2,3-7H3,(H,42,49)(H,43,46)/t24-,28+,29+,38+,39-/m1/s1. The van der Waals surface area contributed by atoms with Crippen LogP contribution < -0.4 is 15.4 Å². The number of carbonyl (C=O) groups is 5. The summed E-state index contributed by atoms with van der Waals surface area (Å²) in [6.45, 7) is 15.9. The van der Waals surface area contributed by atoms with Crippen molar-refractivity contribution < 1.29 is 42.6 Å². The topological polar surface area (TPSA) is 153 Å². The number of hydrogen-bond donors (Lipinski definition) is 2. The fourth-order valence-corrected chi connectivity index (χ4v) is 7.28. The number of unbranched alkanes of at least 4 members (excludes halogenated alkanes) is 3. The minimum absolute atomic E-state index is 0.101. The molecule has 2 aromatic rings. The average molecular weight is 721 g/mol. The van der Waals surface area contributed by atoms with Crippen molar-refractivity contribution in [3.05, 3.63) is 60.6 Å². The van der Waals surface area contributed by atoms with E-state index in [1.54, 1.807) is 40.7 Å². The second-order valence-corrected chi connectivity index (χ2v) is 15.0. The summed E-state index contributed by atoms with van der Waals surface area (Å²) in [4.78, 5) is 75.0. The van der Waals surface area contributed by atoms with Gasteiger partial charge in [-0.15, -0.1) is 13.2 Å². The molecule has 3 heterocycles. The maximum absolute atomic E-state index is 14.6. The van der Waals surface area contributed by atoms with Crippen LogP contribution in [0, 0.1) is 18.7 Å². The van der Waals surface area contributed by atoms with Gasteiger partial charge in [0.25, 0.3) is 0 Å². The van der Waals surface area contributed by atoms with Gasteiger partial charge in [0.05, 0.1) is 36.3 Å². The Bertz CT molecular complexity index is 1790. The summed E-state index contributed by atoms with van der Waals surface area (Å²) in [6, 6.07) is 1.72. The van der Waals surface area contributed by atoms with E-state index in [0.29, 0.717) is 23.0 Å². The van der Waals surface area contributed by atoms with Crippen LogP contribution in [-0.2, 0) is 23.9 Å². The number of nitrogens with one attached hydrogen (secondary N) is 2. The number of fused-ring (bicyclic) bond motifs is 3. The van der Waals surface area contributed by atoms with E-state index in [1.807, 2.05) is 6.08 Å². The lowest BCUT2D eigenvalue weighted by Gasteiger charge is -2.36. The Morgan fingerprint density at radius 1 is 1.17 bits per heavy atom. The van der Waals surface area contributed by atoms with Crippen molar-refractivity contribution in [2.24, 2.45) is 5.92 Å². The molecule has 1 aliphatic carbocycles. The third-order valence-corrected chi connectivity index (χ3v) is 9.81. The van der Waals surface area contributed by atoms with Crippen molar-refractivity contribution in [2.45, 2.75) is 115 Å². The van der Waals surface area contributed by atoms with Crippen molar-refractivity contribution in [1.29, 1.82) is 0 Å². The van der Waals surface area contributed by atoms with E-state index in [0.717, 1.165) is 19.3 Å². The van der Waals surface area contributed by atoms with Crippen molar-refractivity contribution >= 4 is 40.6 Å². The van der Waals surface area contributed by atoms with E-state index in [-0.39, 0.29) is 61.8 Å². The Labute approximate surface area is 303 Å². The highest BCUT2D eigenvalue weighted by Gasteiger charge is 2.63.